The van der Waals surface area contributed by atoms with E-state index in [0.29, 0.717) is 47.7 Å². The van der Waals surface area contributed by atoms with Crippen LogP contribution in [0.4, 0.5) is 10.5 Å². The lowest BCUT2D eigenvalue weighted by Crippen LogP contribution is -2.42. The highest BCUT2D eigenvalue weighted by atomic mass is 32.1. The minimum atomic E-state index is -1.18. The first-order valence-electron chi connectivity index (χ1n) is 13.6. The molecule has 0 unspecified atom stereocenters. The molecule has 3 aromatic rings. The summed E-state index contributed by atoms with van der Waals surface area (Å²) in [6.45, 7) is 9.15. The monoisotopic (exact) mass is 580 g/mol. The summed E-state index contributed by atoms with van der Waals surface area (Å²) in [5.74, 6) is -1.02. The van der Waals surface area contributed by atoms with E-state index in [0.717, 1.165) is 46.6 Å². The van der Waals surface area contributed by atoms with Crippen LogP contribution in [-0.4, -0.2) is 59.4 Å². The summed E-state index contributed by atoms with van der Waals surface area (Å²) in [6, 6.07) is 13.4. The van der Waals surface area contributed by atoms with E-state index in [4.69, 9.17) is 14.6 Å². The molecule has 0 spiro atoms. The average molecular weight is 581 g/mol. The second-order valence-corrected chi connectivity index (χ2v) is 11.6. The third-order valence-electron chi connectivity index (χ3n) is 7.27. The number of urea groups is 1. The number of aryl methyl sites for hydroxylation is 1. The lowest BCUT2D eigenvalue weighted by molar-refractivity contribution is -0.139. The number of benzene rings is 2. The fourth-order valence-corrected chi connectivity index (χ4v) is 6.08. The van der Waals surface area contributed by atoms with Crippen molar-refractivity contribution in [1.82, 2.24) is 4.90 Å². The maximum atomic E-state index is 13.0. The van der Waals surface area contributed by atoms with Crippen molar-refractivity contribution in [2.24, 2.45) is 5.92 Å². The van der Waals surface area contributed by atoms with Crippen molar-refractivity contribution >= 4 is 35.0 Å². The van der Waals surface area contributed by atoms with Crippen molar-refractivity contribution in [2.45, 2.75) is 46.5 Å². The van der Waals surface area contributed by atoms with E-state index in [1.165, 1.54) is 0 Å². The predicted molar refractivity (Wildman–Crippen MR) is 159 cm³/mol. The van der Waals surface area contributed by atoms with Crippen molar-refractivity contribution in [2.75, 3.05) is 31.6 Å². The average Bonchev–Trinajstić information content (AvgIpc) is 3.28. The number of likely N-dealkylation sites (tertiary alicyclic amines) is 1. The zero-order valence-electron chi connectivity index (χ0n) is 23.7. The number of rotatable bonds is 10. The molecule has 4 rings (SSSR count). The number of ether oxygens (including phenoxy) is 2. The van der Waals surface area contributed by atoms with E-state index >= 15 is 0 Å². The van der Waals surface area contributed by atoms with Gasteiger partial charge in [0.05, 0.1) is 6.61 Å². The van der Waals surface area contributed by atoms with Crippen molar-refractivity contribution in [3.63, 3.8) is 0 Å². The lowest BCUT2D eigenvalue weighted by Gasteiger charge is -2.32. The third-order valence-corrected chi connectivity index (χ3v) is 8.58. The second kappa shape index (κ2) is 13.1. The number of aliphatic carboxylic acids is 1. The maximum Gasteiger partial charge on any atom is 0.349 e. The summed E-state index contributed by atoms with van der Waals surface area (Å²) >= 11 is 1.04. The molecule has 0 radical (unpaired) electrons. The molecule has 0 atom stereocenters. The minimum Gasteiger partial charge on any atom is -0.493 e. The Balaban J connectivity index is 1.35. The van der Waals surface area contributed by atoms with Gasteiger partial charge in [0.1, 0.15) is 11.5 Å². The Hall–Kier alpha value is -4.05. The minimum absolute atomic E-state index is 0.0382. The standard InChI is InChI=1S/C31H36N2O7S/c1-18(2)24-10-5-7-19(3)26(24)32-31(38)33-13-11-21(12-14-33)16-39-23-9-6-8-22(15-23)28-20(4)27(40-17-25(34)35)29(41-28)30(36)37/h5-10,15,18,21H,11-14,16-17H2,1-4H3,(H,32,38)(H,34,35)(H,36,37). The summed E-state index contributed by atoms with van der Waals surface area (Å²) in [6.07, 6.45) is 1.66. The van der Waals surface area contributed by atoms with Gasteiger partial charge < -0.3 is 29.9 Å². The molecule has 1 saturated heterocycles. The van der Waals surface area contributed by atoms with E-state index in [1.807, 2.05) is 48.2 Å². The molecule has 0 aliphatic carbocycles. The van der Waals surface area contributed by atoms with Crippen molar-refractivity contribution < 1.29 is 34.1 Å². The highest BCUT2D eigenvalue weighted by Crippen LogP contribution is 2.42. The molecule has 1 aliphatic rings. The summed E-state index contributed by atoms with van der Waals surface area (Å²) in [5.41, 5.74) is 4.42. The van der Waals surface area contributed by atoms with E-state index in [1.54, 1.807) is 6.92 Å². The van der Waals surface area contributed by atoms with Gasteiger partial charge in [0.15, 0.2) is 11.5 Å². The largest absolute Gasteiger partial charge is 0.493 e. The van der Waals surface area contributed by atoms with Gasteiger partial charge in [-0.05, 0) is 67.3 Å². The highest BCUT2D eigenvalue weighted by molar-refractivity contribution is 7.18. The molecule has 1 aliphatic heterocycles. The van der Waals surface area contributed by atoms with Crippen LogP contribution in [0, 0.1) is 19.8 Å². The molecule has 2 heterocycles. The van der Waals surface area contributed by atoms with Crippen molar-refractivity contribution in [3.8, 4) is 21.9 Å². The number of carboxylic acid groups (broad SMARTS) is 2. The molecule has 1 fully saturated rings. The van der Waals surface area contributed by atoms with Gasteiger partial charge >= 0.3 is 18.0 Å². The first kappa shape index (κ1) is 29.9. The first-order valence-corrected chi connectivity index (χ1v) is 14.5. The molecule has 2 aromatic carbocycles. The van der Waals surface area contributed by atoms with Gasteiger partial charge in [-0.1, -0.05) is 44.2 Å². The number of hydrogen-bond donors (Lipinski definition) is 3. The smallest absolute Gasteiger partial charge is 0.349 e. The molecule has 2 amide bonds. The lowest BCUT2D eigenvalue weighted by atomic mass is 9.97. The van der Waals surface area contributed by atoms with Crippen LogP contribution < -0.4 is 14.8 Å². The molecule has 10 heteroatoms. The van der Waals surface area contributed by atoms with E-state index in [-0.39, 0.29) is 16.7 Å². The SMILES string of the molecule is Cc1cccc(C(C)C)c1NC(=O)N1CCC(COc2cccc(-c3sc(C(=O)O)c(OCC(=O)O)c3C)c2)CC1. The Morgan fingerprint density at radius 1 is 1.05 bits per heavy atom. The summed E-state index contributed by atoms with van der Waals surface area (Å²) in [7, 11) is 0. The number of carbonyl (C=O) groups excluding carboxylic acids is 1. The van der Waals surface area contributed by atoms with Crippen LogP contribution >= 0.6 is 11.3 Å². The molecule has 3 N–H and O–H groups in total. The van der Waals surface area contributed by atoms with Gasteiger partial charge in [-0.3, -0.25) is 0 Å². The zero-order valence-corrected chi connectivity index (χ0v) is 24.5. The van der Waals surface area contributed by atoms with Crippen LogP contribution in [0.5, 0.6) is 11.5 Å². The third kappa shape index (κ3) is 7.18. The van der Waals surface area contributed by atoms with Crippen molar-refractivity contribution in [3.05, 3.63) is 64.0 Å². The van der Waals surface area contributed by atoms with Crippen molar-refractivity contribution in [1.29, 1.82) is 0 Å². The summed E-state index contributed by atoms with van der Waals surface area (Å²) in [4.78, 5) is 38.2. The number of hydrogen-bond acceptors (Lipinski definition) is 6. The Kier molecular flexibility index (Phi) is 9.54. The molecule has 218 valence electrons. The number of aromatic carboxylic acids is 1. The normalized spacial score (nSPS) is 13.7. The predicted octanol–water partition coefficient (Wildman–Crippen LogP) is 6.64. The number of thiophene rings is 1. The molecular weight excluding hydrogens is 544 g/mol. The van der Waals surface area contributed by atoms with Crippen LogP contribution in [0.2, 0.25) is 0 Å². The Morgan fingerprint density at radius 3 is 2.41 bits per heavy atom. The number of para-hydroxylation sites is 1. The second-order valence-electron chi connectivity index (χ2n) is 10.6. The van der Waals surface area contributed by atoms with Gasteiger partial charge in [0, 0.05) is 29.2 Å². The summed E-state index contributed by atoms with van der Waals surface area (Å²) in [5, 5.41) is 21.7. The topological polar surface area (TPSA) is 125 Å². The molecule has 1 aromatic heterocycles. The fourth-order valence-electron chi connectivity index (χ4n) is 4.99. The number of piperidine rings is 1. The van der Waals surface area contributed by atoms with Gasteiger partial charge in [-0.15, -0.1) is 11.3 Å². The number of nitrogens with one attached hydrogen (secondary N) is 1. The first-order chi connectivity index (χ1) is 19.5. The summed E-state index contributed by atoms with van der Waals surface area (Å²) < 4.78 is 11.4. The number of carbonyl (C=O) groups is 3. The van der Waals surface area contributed by atoms with Crippen LogP contribution in [0.15, 0.2) is 42.5 Å². The van der Waals surface area contributed by atoms with Crippen LogP contribution in [0.25, 0.3) is 10.4 Å². The quantitative estimate of drug-likeness (QED) is 0.245. The number of nitrogens with zero attached hydrogens (tertiary/aromatic N) is 1. The van der Waals surface area contributed by atoms with E-state index in [2.05, 4.69) is 25.2 Å². The van der Waals surface area contributed by atoms with Gasteiger partial charge in [0.25, 0.3) is 0 Å². The van der Waals surface area contributed by atoms with Gasteiger partial charge in [0.2, 0.25) is 0 Å². The van der Waals surface area contributed by atoms with E-state index in [9.17, 15) is 19.5 Å². The molecule has 0 saturated carbocycles. The Morgan fingerprint density at radius 2 is 1.76 bits per heavy atom. The zero-order chi connectivity index (χ0) is 29.7. The van der Waals surface area contributed by atoms with E-state index < -0.39 is 18.5 Å². The molecule has 41 heavy (non-hydrogen) atoms. The highest BCUT2D eigenvalue weighted by Gasteiger charge is 2.26. The fraction of sp³-hybridized carbons (Fsp3) is 0.387. The number of amides is 2. The number of carboxylic acids is 2. The maximum absolute atomic E-state index is 13.0. The molecular formula is C31H36N2O7S. The Labute approximate surface area is 243 Å². The van der Waals surface area contributed by atoms with Gasteiger partial charge in [-0.25, -0.2) is 14.4 Å². The van der Waals surface area contributed by atoms with Crippen LogP contribution in [0.3, 0.4) is 0 Å². The van der Waals surface area contributed by atoms with Gasteiger partial charge in [-0.2, -0.15) is 0 Å². The van der Waals surface area contributed by atoms with Crippen LogP contribution in [0.1, 0.15) is 59.0 Å². The van der Waals surface area contributed by atoms with Crippen LogP contribution in [-0.2, 0) is 4.79 Å². The Bertz CT molecular complexity index is 1420. The molecule has 0 bridgehead atoms. The molecule has 9 nitrogen and oxygen atoms in total. The number of anilines is 1.